The van der Waals surface area contributed by atoms with Gasteiger partial charge in [0.1, 0.15) is 11.2 Å². The Balaban J connectivity index is 1.13. The average molecular weight is 658 g/mol. The van der Waals surface area contributed by atoms with E-state index in [0.29, 0.717) is 5.56 Å². The van der Waals surface area contributed by atoms with Gasteiger partial charge in [0.15, 0.2) is 0 Å². The molecule has 4 nitrogen and oxygen atoms in total. The third-order valence-corrected chi connectivity index (χ3v) is 10.8. The number of para-hydroxylation sites is 3. The van der Waals surface area contributed by atoms with Crippen LogP contribution in [-0.4, -0.2) is 9.13 Å². The van der Waals surface area contributed by atoms with Crippen LogP contribution in [0.5, 0.6) is 0 Å². The molecule has 0 radical (unpaired) electrons. The SMILES string of the molecule is CC(C)(C)C1=CC(n2c3ccccc3c3ccccc32)CC(c2ccc3oc4ccc(-n5c6ccccc6c6cc(C#N)ccc65)cc4c3c2)=C1. The van der Waals surface area contributed by atoms with E-state index in [-0.39, 0.29) is 11.5 Å². The normalized spacial score (nSPS) is 15.3. The second-order valence-corrected chi connectivity index (χ2v) is 14.9. The van der Waals surface area contributed by atoms with Crippen molar-refractivity contribution >= 4 is 71.1 Å². The van der Waals surface area contributed by atoms with Gasteiger partial charge in [0.25, 0.3) is 0 Å². The van der Waals surface area contributed by atoms with E-state index in [0.717, 1.165) is 55.9 Å². The highest BCUT2D eigenvalue weighted by Gasteiger charge is 2.27. The lowest BCUT2D eigenvalue weighted by atomic mass is 9.79. The van der Waals surface area contributed by atoms with Crippen LogP contribution in [0.4, 0.5) is 0 Å². The van der Waals surface area contributed by atoms with Gasteiger partial charge in [-0.25, -0.2) is 0 Å². The summed E-state index contributed by atoms with van der Waals surface area (Å²) in [6.45, 7) is 6.93. The van der Waals surface area contributed by atoms with Crippen LogP contribution in [0.25, 0.3) is 76.8 Å². The molecule has 0 saturated heterocycles. The summed E-state index contributed by atoms with van der Waals surface area (Å²) in [5, 5.41) is 16.6. The Hall–Kier alpha value is -6.31. The maximum atomic E-state index is 9.63. The van der Waals surface area contributed by atoms with Gasteiger partial charge in [0.05, 0.1) is 28.7 Å². The second-order valence-electron chi connectivity index (χ2n) is 14.9. The van der Waals surface area contributed by atoms with Crippen molar-refractivity contribution in [2.24, 2.45) is 5.41 Å². The van der Waals surface area contributed by atoms with Crippen molar-refractivity contribution in [3.05, 3.63) is 156 Å². The molecule has 0 aliphatic heterocycles. The van der Waals surface area contributed by atoms with Gasteiger partial charge >= 0.3 is 0 Å². The van der Waals surface area contributed by atoms with Crippen molar-refractivity contribution in [1.82, 2.24) is 9.13 Å². The number of rotatable bonds is 3. The minimum atomic E-state index is -0.0136. The fraction of sp³-hybridized carbons (Fsp3) is 0.128. The molecule has 51 heavy (non-hydrogen) atoms. The summed E-state index contributed by atoms with van der Waals surface area (Å²) in [6, 6.07) is 47.7. The molecule has 1 unspecified atom stereocenters. The molecule has 0 bridgehead atoms. The van der Waals surface area contributed by atoms with Gasteiger partial charge in [-0.05, 0) is 95.3 Å². The summed E-state index contributed by atoms with van der Waals surface area (Å²) in [7, 11) is 0. The van der Waals surface area contributed by atoms with Crippen LogP contribution < -0.4 is 0 Å². The molecule has 6 aromatic carbocycles. The Morgan fingerprint density at radius 2 is 1.24 bits per heavy atom. The highest BCUT2D eigenvalue weighted by atomic mass is 16.3. The lowest BCUT2D eigenvalue weighted by molar-refractivity contribution is 0.502. The molecule has 0 fully saturated rings. The van der Waals surface area contributed by atoms with Crippen LogP contribution in [-0.2, 0) is 0 Å². The topological polar surface area (TPSA) is 46.8 Å². The third-order valence-electron chi connectivity index (χ3n) is 10.8. The summed E-state index contributed by atoms with van der Waals surface area (Å²) < 4.78 is 11.3. The van der Waals surface area contributed by atoms with Gasteiger partial charge in [-0.1, -0.05) is 93.6 Å². The molecule has 4 heteroatoms. The molecule has 3 heterocycles. The number of nitriles is 1. The number of nitrogens with zero attached hydrogens (tertiary/aromatic N) is 3. The smallest absolute Gasteiger partial charge is 0.135 e. The molecule has 0 spiro atoms. The Morgan fingerprint density at radius 1 is 0.627 bits per heavy atom. The van der Waals surface area contributed by atoms with E-state index < -0.39 is 0 Å². The molecule has 0 saturated carbocycles. The van der Waals surface area contributed by atoms with E-state index in [4.69, 9.17) is 4.42 Å². The average Bonchev–Trinajstić information content (AvgIpc) is 3.81. The number of furan rings is 1. The number of hydrogen-bond donors (Lipinski definition) is 0. The van der Waals surface area contributed by atoms with Crippen LogP contribution in [0.1, 0.15) is 44.4 Å². The summed E-state index contributed by atoms with van der Waals surface area (Å²) in [5.74, 6) is 0. The first-order valence-electron chi connectivity index (χ1n) is 17.7. The minimum absolute atomic E-state index is 0.0136. The predicted molar refractivity (Wildman–Crippen MR) is 211 cm³/mol. The fourth-order valence-electron chi connectivity index (χ4n) is 8.35. The van der Waals surface area contributed by atoms with E-state index in [1.165, 1.54) is 38.5 Å². The lowest BCUT2D eigenvalue weighted by Crippen LogP contribution is -2.17. The molecule has 244 valence electrons. The Kier molecular flexibility index (Phi) is 6.29. The standard InChI is InChI=1S/C47H35N3O/c1-47(2,3)32-23-31(24-34(26-32)50-41-13-7-4-10-35(41)36-11-5-8-14-42(36)50)30-17-20-45-39(25-30)40-27-33(18-21-46(40)51-45)49-43-15-9-6-12-37(43)38-22-29(28-48)16-19-44(38)49/h4-23,25-27,34H,24H2,1-3H3. The quantitative estimate of drug-likeness (QED) is 0.190. The van der Waals surface area contributed by atoms with E-state index >= 15 is 0 Å². The number of hydrogen-bond acceptors (Lipinski definition) is 2. The predicted octanol–water partition coefficient (Wildman–Crippen LogP) is 12.7. The number of fused-ring (bicyclic) bond motifs is 9. The Bertz CT molecular complexity index is 2950. The molecule has 1 aliphatic carbocycles. The first-order valence-corrected chi connectivity index (χ1v) is 17.7. The largest absolute Gasteiger partial charge is 0.456 e. The van der Waals surface area contributed by atoms with E-state index in [2.05, 4.69) is 163 Å². The van der Waals surface area contributed by atoms with Gasteiger partial charge in [-0.15, -0.1) is 0 Å². The Labute approximate surface area is 295 Å². The lowest BCUT2D eigenvalue weighted by Gasteiger charge is -2.30. The van der Waals surface area contributed by atoms with Crippen LogP contribution in [0.15, 0.2) is 150 Å². The van der Waals surface area contributed by atoms with Crippen LogP contribution >= 0.6 is 0 Å². The minimum Gasteiger partial charge on any atom is -0.456 e. The second kappa shape index (κ2) is 10.8. The molecule has 0 N–H and O–H groups in total. The summed E-state index contributed by atoms with van der Waals surface area (Å²) in [6.07, 6.45) is 5.80. The van der Waals surface area contributed by atoms with E-state index in [9.17, 15) is 5.26 Å². The molecule has 1 atom stereocenters. The zero-order chi connectivity index (χ0) is 34.4. The van der Waals surface area contributed by atoms with Gasteiger partial charge in [0.2, 0.25) is 0 Å². The number of allylic oxidation sites excluding steroid dienone is 4. The van der Waals surface area contributed by atoms with Crippen molar-refractivity contribution in [3.63, 3.8) is 0 Å². The van der Waals surface area contributed by atoms with Gasteiger partial charge in [-0.2, -0.15) is 5.26 Å². The summed E-state index contributed by atoms with van der Waals surface area (Å²) in [4.78, 5) is 0. The van der Waals surface area contributed by atoms with E-state index in [1.807, 2.05) is 12.1 Å². The van der Waals surface area contributed by atoms with Crippen LogP contribution in [0, 0.1) is 16.7 Å². The molecule has 0 amide bonds. The maximum Gasteiger partial charge on any atom is 0.135 e. The van der Waals surface area contributed by atoms with Crippen molar-refractivity contribution < 1.29 is 4.42 Å². The monoisotopic (exact) mass is 657 g/mol. The zero-order valence-corrected chi connectivity index (χ0v) is 28.8. The molecule has 3 aromatic heterocycles. The zero-order valence-electron chi connectivity index (χ0n) is 28.8. The molecular weight excluding hydrogens is 623 g/mol. The number of aromatic nitrogens is 2. The third kappa shape index (κ3) is 4.51. The molecule has 9 aromatic rings. The van der Waals surface area contributed by atoms with Gasteiger partial charge in [-0.3, -0.25) is 0 Å². The first-order chi connectivity index (χ1) is 24.9. The van der Waals surface area contributed by atoms with Crippen molar-refractivity contribution in [2.75, 3.05) is 0 Å². The molecule has 10 rings (SSSR count). The highest BCUT2D eigenvalue weighted by Crippen LogP contribution is 2.44. The maximum absolute atomic E-state index is 9.63. The van der Waals surface area contributed by atoms with Gasteiger partial charge in [0, 0.05) is 49.0 Å². The van der Waals surface area contributed by atoms with Crippen molar-refractivity contribution in [1.29, 1.82) is 5.26 Å². The van der Waals surface area contributed by atoms with Crippen LogP contribution in [0.3, 0.4) is 0 Å². The first kappa shape index (κ1) is 29.6. The highest BCUT2D eigenvalue weighted by molar-refractivity contribution is 6.11. The fourth-order valence-corrected chi connectivity index (χ4v) is 8.35. The number of benzene rings is 6. The Morgan fingerprint density at radius 3 is 1.92 bits per heavy atom. The summed E-state index contributed by atoms with van der Waals surface area (Å²) in [5.41, 5.74) is 12.1. The molecule has 1 aliphatic rings. The van der Waals surface area contributed by atoms with Gasteiger partial charge < -0.3 is 13.6 Å². The molecular formula is C47H35N3O. The van der Waals surface area contributed by atoms with Crippen molar-refractivity contribution in [3.8, 4) is 11.8 Å². The summed E-state index contributed by atoms with van der Waals surface area (Å²) >= 11 is 0. The van der Waals surface area contributed by atoms with Crippen molar-refractivity contribution in [2.45, 2.75) is 33.2 Å². The van der Waals surface area contributed by atoms with E-state index in [1.54, 1.807) is 0 Å². The van der Waals surface area contributed by atoms with Crippen LogP contribution in [0.2, 0.25) is 0 Å².